The van der Waals surface area contributed by atoms with Gasteiger partial charge in [0.2, 0.25) is 0 Å². The Morgan fingerprint density at radius 3 is 2.50 bits per heavy atom. The molecule has 0 fully saturated rings. The SMILES string of the molecule is COc1c(C)c(C)cc(C)c1-c1ccno1. The maximum atomic E-state index is 5.47. The van der Waals surface area contributed by atoms with Crippen LogP contribution in [0.3, 0.4) is 0 Å². The van der Waals surface area contributed by atoms with Crippen LogP contribution in [0.15, 0.2) is 22.9 Å². The van der Waals surface area contributed by atoms with Crippen molar-refractivity contribution in [3.05, 3.63) is 35.0 Å². The van der Waals surface area contributed by atoms with Crippen LogP contribution >= 0.6 is 0 Å². The van der Waals surface area contributed by atoms with Gasteiger partial charge in [0, 0.05) is 6.07 Å². The number of nitrogens with zero attached hydrogens (tertiary/aromatic N) is 1. The van der Waals surface area contributed by atoms with Gasteiger partial charge in [0.1, 0.15) is 5.75 Å². The van der Waals surface area contributed by atoms with Crippen LogP contribution in [0.5, 0.6) is 5.75 Å². The van der Waals surface area contributed by atoms with Gasteiger partial charge in [-0.05, 0) is 37.5 Å². The molecule has 0 aliphatic rings. The van der Waals surface area contributed by atoms with Crippen molar-refractivity contribution in [3.63, 3.8) is 0 Å². The largest absolute Gasteiger partial charge is 0.496 e. The molecule has 1 heterocycles. The Morgan fingerprint density at radius 2 is 1.94 bits per heavy atom. The summed E-state index contributed by atoms with van der Waals surface area (Å²) in [6.07, 6.45) is 1.64. The van der Waals surface area contributed by atoms with E-state index in [1.54, 1.807) is 13.3 Å². The summed E-state index contributed by atoms with van der Waals surface area (Å²) >= 11 is 0. The predicted molar refractivity (Wildman–Crippen MR) is 62.7 cm³/mol. The molecule has 1 aromatic heterocycles. The lowest BCUT2D eigenvalue weighted by Crippen LogP contribution is -1.96. The van der Waals surface area contributed by atoms with Crippen LogP contribution in [0.1, 0.15) is 16.7 Å². The average Bonchev–Trinajstić information content (AvgIpc) is 2.76. The number of aromatic nitrogens is 1. The minimum atomic E-state index is 0.748. The van der Waals surface area contributed by atoms with E-state index >= 15 is 0 Å². The zero-order chi connectivity index (χ0) is 11.7. The third-order valence-corrected chi connectivity index (χ3v) is 2.87. The second-order valence-electron chi connectivity index (χ2n) is 3.92. The van der Waals surface area contributed by atoms with E-state index in [0.29, 0.717) is 0 Å². The summed E-state index contributed by atoms with van der Waals surface area (Å²) in [6, 6.07) is 3.98. The van der Waals surface area contributed by atoms with Gasteiger partial charge in [-0.15, -0.1) is 0 Å². The van der Waals surface area contributed by atoms with E-state index in [2.05, 4.69) is 18.1 Å². The third-order valence-electron chi connectivity index (χ3n) is 2.87. The molecular formula is C13H15NO2. The fourth-order valence-electron chi connectivity index (χ4n) is 1.96. The summed E-state index contributed by atoms with van der Waals surface area (Å²) in [5.41, 5.74) is 4.48. The fraction of sp³-hybridized carbons (Fsp3) is 0.308. The zero-order valence-electron chi connectivity index (χ0n) is 10.00. The molecule has 84 valence electrons. The monoisotopic (exact) mass is 217 g/mol. The summed E-state index contributed by atoms with van der Waals surface area (Å²) < 4.78 is 10.7. The van der Waals surface area contributed by atoms with Crippen molar-refractivity contribution < 1.29 is 9.26 Å². The molecule has 0 saturated heterocycles. The molecule has 0 spiro atoms. The minimum absolute atomic E-state index is 0.748. The van der Waals surface area contributed by atoms with Crippen LogP contribution in [0.2, 0.25) is 0 Å². The smallest absolute Gasteiger partial charge is 0.170 e. The maximum Gasteiger partial charge on any atom is 0.170 e. The van der Waals surface area contributed by atoms with E-state index in [9.17, 15) is 0 Å². The molecule has 3 nitrogen and oxygen atoms in total. The number of hydrogen-bond acceptors (Lipinski definition) is 3. The van der Waals surface area contributed by atoms with Crippen molar-refractivity contribution in [2.24, 2.45) is 0 Å². The molecule has 2 aromatic rings. The number of ether oxygens (including phenoxy) is 1. The lowest BCUT2D eigenvalue weighted by molar-refractivity contribution is 0.403. The van der Waals surface area contributed by atoms with Crippen LogP contribution in [0, 0.1) is 20.8 Å². The number of aryl methyl sites for hydroxylation is 2. The van der Waals surface area contributed by atoms with Crippen LogP contribution in [0.4, 0.5) is 0 Å². The normalized spacial score (nSPS) is 10.5. The van der Waals surface area contributed by atoms with Crippen molar-refractivity contribution in [2.45, 2.75) is 20.8 Å². The Hall–Kier alpha value is -1.77. The van der Waals surface area contributed by atoms with Gasteiger partial charge in [0.05, 0.1) is 18.9 Å². The van der Waals surface area contributed by atoms with Crippen LogP contribution in [-0.2, 0) is 0 Å². The molecular weight excluding hydrogens is 202 g/mol. The topological polar surface area (TPSA) is 35.3 Å². The quantitative estimate of drug-likeness (QED) is 0.774. The fourth-order valence-corrected chi connectivity index (χ4v) is 1.96. The predicted octanol–water partition coefficient (Wildman–Crippen LogP) is 3.28. The summed E-state index contributed by atoms with van der Waals surface area (Å²) in [5.74, 6) is 1.62. The minimum Gasteiger partial charge on any atom is -0.496 e. The standard InChI is InChI=1S/C13H15NO2/c1-8-7-9(2)12(11-5-6-14-16-11)13(15-4)10(8)3/h5-7H,1-4H3. The third kappa shape index (κ3) is 1.58. The molecule has 0 aliphatic carbocycles. The highest BCUT2D eigenvalue weighted by Crippen LogP contribution is 2.37. The molecule has 0 aliphatic heterocycles. The summed E-state index contributed by atoms with van der Waals surface area (Å²) in [7, 11) is 1.68. The molecule has 0 radical (unpaired) electrons. The van der Waals surface area contributed by atoms with Crippen molar-refractivity contribution in [1.82, 2.24) is 5.16 Å². The molecule has 0 unspecified atom stereocenters. The van der Waals surface area contributed by atoms with Crippen LogP contribution in [-0.4, -0.2) is 12.3 Å². The lowest BCUT2D eigenvalue weighted by Gasteiger charge is -2.14. The summed E-state index contributed by atoms with van der Waals surface area (Å²) in [5, 5.41) is 3.74. The van der Waals surface area contributed by atoms with Gasteiger partial charge in [0.15, 0.2) is 5.76 Å². The molecule has 2 rings (SSSR count). The van der Waals surface area contributed by atoms with Crippen LogP contribution in [0.25, 0.3) is 11.3 Å². The molecule has 1 aromatic carbocycles. The van der Waals surface area contributed by atoms with Crippen molar-refractivity contribution in [1.29, 1.82) is 0 Å². The molecule has 3 heteroatoms. The first-order valence-electron chi connectivity index (χ1n) is 5.21. The van der Waals surface area contributed by atoms with Crippen LogP contribution < -0.4 is 4.74 Å². The highest BCUT2D eigenvalue weighted by molar-refractivity contribution is 5.72. The van der Waals surface area contributed by atoms with Gasteiger partial charge in [-0.25, -0.2) is 0 Å². The van der Waals surface area contributed by atoms with E-state index in [1.807, 2.05) is 19.9 Å². The van der Waals surface area contributed by atoms with Gasteiger partial charge >= 0.3 is 0 Å². The molecule has 0 N–H and O–H groups in total. The second kappa shape index (κ2) is 4.00. The summed E-state index contributed by atoms with van der Waals surface area (Å²) in [4.78, 5) is 0. The summed E-state index contributed by atoms with van der Waals surface area (Å²) in [6.45, 7) is 6.18. The van der Waals surface area contributed by atoms with Gasteiger partial charge in [-0.1, -0.05) is 11.2 Å². The number of hydrogen-bond donors (Lipinski definition) is 0. The van der Waals surface area contributed by atoms with Crippen molar-refractivity contribution in [2.75, 3.05) is 7.11 Å². The Kier molecular flexibility index (Phi) is 2.69. The van der Waals surface area contributed by atoms with Crippen molar-refractivity contribution in [3.8, 4) is 17.1 Å². The second-order valence-corrected chi connectivity index (χ2v) is 3.92. The molecule has 0 saturated carbocycles. The first-order valence-corrected chi connectivity index (χ1v) is 5.21. The highest BCUT2D eigenvalue weighted by Gasteiger charge is 2.16. The van der Waals surface area contributed by atoms with E-state index in [-0.39, 0.29) is 0 Å². The highest BCUT2D eigenvalue weighted by atomic mass is 16.5. The van der Waals surface area contributed by atoms with E-state index in [0.717, 1.165) is 28.2 Å². The van der Waals surface area contributed by atoms with E-state index in [4.69, 9.17) is 9.26 Å². The average molecular weight is 217 g/mol. The van der Waals surface area contributed by atoms with E-state index < -0.39 is 0 Å². The zero-order valence-corrected chi connectivity index (χ0v) is 10.00. The number of benzene rings is 1. The Balaban J connectivity index is 2.73. The number of methoxy groups -OCH3 is 1. The Morgan fingerprint density at radius 1 is 1.19 bits per heavy atom. The molecule has 0 atom stereocenters. The molecule has 0 amide bonds. The van der Waals surface area contributed by atoms with Crippen molar-refractivity contribution >= 4 is 0 Å². The number of rotatable bonds is 2. The van der Waals surface area contributed by atoms with Gasteiger partial charge in [0.25, 0.3) is 0 Å². The Bertz CT molecular complexity index is 501. The molecule has 16 heavy (non-hydrogen) atoms. The first-order chi connectivity index (χ1) is 7.65. The first kappa shape index (κ1) is 10.7. The van der Waals surface area contributed by atoms with Gasteiger partial charge in [-0.3, -0.25) is 0 Å². The van der Waals surface area contributed by atoms with Gasteiger partial charge in [-0.2, -0.15) is 0 Å². The molecule has 0 bridgehead atoms. The van der Waals surface area contributed by atoms with Gasteiger partial charge < -0.3 is 9.26 Å². The Labute approximate surface area is 95.0 Å². The van der Waals surface area contributed by atoms with E-state index in [1.165, 1.54) is 5.56 Å². The maximum absolute atomic E-state index is 5.47. The lowest BCUT2D eigenvalue weighted by atomic mass is 9.97.